The minimum atomic E-state index is -0.156. The molecule has 1 saturated carbocycles. The van der Waals surface area contributed by atoms with Gasteiger partial charge in [-0.2, -0.15) is 0 Å². The summed E-state index contributed by atoms with van der Waals surface area (Å²) >= 11 is 0. The van der Waals surface area contributed by atoms with Gasteiger partial charge in [0.15, 0.2) is 0 Å². The fraction of sp³-hybridized carbons (Fsp3) is 0.619. The molecule has 0 aromatic heterocycles. The number of urea groups is 1. The number of hydrogen-bond donors (Lipinski definition) is 3. The van der Waals surface area contributed by atoms with Crippen LogP contribution in [0.5, 0.6) is 0 Å². The molecule has 0 bridgehead atoms. The van der Waals surface area contributed by atoms with Gasteiger partial charge in [-0.25, -0.2) is 4.79 Å². The third kappa shape index (κ3) is 8.33. The summed E-state index contributed by atoms with van der Waals surface area (Å²) in [5.41, 5.74) is 1.21. The number of anilines is 1. The number of nitrogens with one attached hydrogen (secondary N) is 3. The SMILES string of the molecule is CCN(CCCNC(=O)CCNC(=O)NC1CCCCC1)c1ccccc1. The maximum Gasteiger partial charge on any atom is 0.315 e. The zero-order chi connectivity index (χ0) is 19.3. The molecule has 0 spiro atoms. The van der Waals surface area contributed by atoms with Crippen LogP contribution in [0.15, 0.2) is 30.3 Å². The molecule has 1 fully saturated rings. The Kier molecular flexibility index (Phi) is 9.52. The molecule has 0 atom stereocenters. The van der Waals surface area contributed by atoms with Gasteiger partial charge in [0.1, 0.15) is 0 Å². The molecular formula is C21H34N4O2. The van der Waals surface area contributed by atoms with E-state index in [1.807, 2.05) is 18.2 Å². The van der Waals surface area contributed by atoms with E-state index in [1.54, 1.807) is 0 Å². The van der Waals surface area contributed by atoms with E-state index in [4.69, 9.17) is 0 Å². The second kappa shape index (κ2) is 12.2. The second-order valence-corrected chi connectivity index (χ2v) is 7.10. The van der Waals surface area contributed by atoms with Crippen molar-refractivity contribution in [3.05, 3.63) is 30.3 Å². The van der Waals surface area contributed by atoms with E-state index in [0.29, 0.717) is 25.6 Å². The zero-order valence-electron chi connectivity index (χ0n) is 16.5. The fourth-order valence-corrected chi connectivity index (χ4v) is 3.47. The Morgan fingerprint density at radius 1 is 1.04 bits per heavy atom. The standard InChI is InChI=1S/C21H34N4O2/c1-2-25(19-12-7-4-8-13-19)17-9-15-22-20(26)14-16-23-21(27)24-18-10-5-3-6-11-18/h4,7-8,12-13,18H,2-3,5-6,9-11,14-17H2,1H3,(H,22,26)(H2,23,24,27). The van der Waals surface area contributed by atoms with Crippen molar-refractivity contribution >= 4 is 17.6 Å². The second-order valence-electron chi connectivity index (χ2n) is 7.10. The van der Waals surface area contributed by atoms with Crippen LogP contribution < -0.4 is 20.9 Å². The number of para-hydroxylation sites is 1. The average molecular weight is 375 g/mol. The van der Waals surface area contributed by atoms with Gasteiger partial charge < -0.3 is 20.9 Å². The van der Waals surface area contributed by atoms with Gasteiger partial charge in [0.2, 0.25) is 5.91 Å². The predicted octanol–water partition coefficient (Wildman–Crippen LogP) is 3.04. The first-order valence-electron chi connectivity index (χ1n) is 10.3. The third-order valence-electron chi connectivity index (χ3n) is 5.01. The lowest BCUT2D eigenvalue weighted by Gasteiger charge is -2.23. The highest BCUT2D eigenvalue weighted by atomic mass is 16.2. The monoisotopic (exact) mass is 374 g/mol. The van der Waals surface area contributed by atoms with Crippen LogP contribution in [0.1, 0.15) is 51.9 Å². The molecule has 0 aliphatic heterocycles. The Bertz CT molecular complexity index is 559. The molecule has 1 aromatic carbocycles. The quantitative estimate of drug-likeness (QED) is 0.551. The maximum atomic E-state index is 11.9. The van der Waals surface area contributed by atoms with Gasteiger partial charge in [-0.15, -0.1) is 0 Å². The summed E-state index contributed by atoms with van der Waals surface area (Å²) in [5, 5.41) is 8.70. The van der Waals surface area contributed by atoms with Gasteiger partial charge in [0.05, 0.1) is 0 Å². The van der Waals surface area contributed by atoms with E-state index in [1.165, 1.54) is 24.9 Å². The lowest BCUT2D eigenvalue weighted by Crippen LogP contribution is -2.43. The predicted molar refractivity (Wildman–Crippen MR) is 110 cm³/mol. The van der Waals surface area contributed by atoms with Crippen molar-refractivity contribution in [3.63, 3.8) is 0 Å². The molecule has 0 unspecified atom stereocenters. The number of benzene rings is 1. The van der Waals surface area contributed by atoms with Crippen LogP contribution in [0.4, 0.5) is 10.5 Å². The number of amides is 3. The van der Waals surface area contributed by atoms with Gasteiger partial charge in [-0.1, -0.05) is 37.5 Å². The van der Waals surface area contributed by atoms with E-state index in [9.17, 15) is 9.59 Å². The van der Waals surface area contributed by atoms with Gasteiger partial charge in [0, 0.05) is 44.3 Å². The number of carbonyl (C=O) groups is 2. The van der Waals surface area contributed by atoms with Crippen LogP contribution in [0.25, 0.3) is 0 Å². The van der Waals surface area contributed by atoms with Crippen molar-refractivity contribution in [2.24, 2.45) is 0 Å². The molecule has 6 nitrogen and oxygen atoms in total. The van der Waals surface area contributed by atoms with E-state index >= 15 is 0 Å². The number of carbonyl (C=O) groups excluding carboxylic acids is 2. The minimum absolute atomic E-state index is 0.0178. The van der Waals surface area contributed by atoms with Crippen LogP contribution >= 0.6 is 0 Å². The highest BCUT2D eigenvalue weighted by Gasteiger charge is 2.15. The van der Waals surface area contributed by atoms with E-state index in [-0.39, 0.29) is 11.9 Å². The van der Waals surface area contributed by atoms with Crippen molar-refractivity contribution in [2.45, 2.75) is 57.9 Å². The minimum Gasteiger partial charge on any atom is -0.372 e. The van der Waals surface area contributed by atoms with E-state index < -0.39 is 0 Å². The number of hydrogen-bond acceptors (Lipinski definition) is 3. The van der Waals surface area contributed by atoms with Gasteiger partial charge >= 0.3 is 6.03 Å². The molecule has 0 radical (unpaired) electrons. The topological polar surface area (TPSA) is 73.5 Å². The highest BCUT2D eigenvalue weighted by molar-refractivity contribution is 5.78. The fourth-order valence-electron chi connectivity index (χ4n) is 3.47. The lowest BCUT2D eigenvalue weighted by molar-refractivity contribution is -0.120. The lowest BCUT2D eigenvalue weighted by atomic mass is 9.96. The molecule has 0 saturated heterocycles. The van der Waals surface area contributed by atoms with Crippen molar-refractivity contribution in [1.82, 2.24) is 16.0 Å². The van der Waals surface area contributed by atoms with Crippen LogP contribution in [0.3, 0.4) is 0 Å². The molecule has 1 aliphatic carbocycles. The normalized spacial score (nSPS) is 14.4. The van der Waals surface area contributed by atoms with Gasteiger partial charge in [-0.3, -0.25) is 4.79 Å². The van der Waals surface area contributed by atoms with Crippen LogP contribution in [0.2, 0.25) is 0 Å². The van der Waals surface area contributed by atoms with Crippen LogP contribution in [-0.4, -0.2) is 44.2 Å². The number of nitrogens with zero attached hydrogens (tertiary/aromatic N) is 1. The molecule has 3 N–H and O–H groups in total. The third-order valence-corrected chi connectivity index (χ3v) is 5.01. The van der Waals surface area contributed by atoms with Crippen LogP contribution in [-0.2, 0) is 4.79 Å². The molecule has 2 rings (SSSR count). The molecule has 1 aromatic rings. The summed E-state index contributed by atoms with van der Waals surface area (Å²) in [6, 6.07) is 10.4. The van der Waals surface area contributed by atoms with Crippen molar-refractivity contribution < 1.29 is 9.59 Å². The number of rotatable bonds is 10. The summed E-state index contributed by atoms with van der Waals surface area (Å²) in [6.07, 6.45) is 6.97. The highest BCUT2D eigenvalue weighted by Crippen LogP contribution is 2.17. The molecule has 6 heteroatoms. The summed E-state index contributed by atoms with van der Waals surface area (Å²) < 4.78 is 0. The Balaban J connectivity index is 1.52. The smallest absolute Gasteiger partial charge is 0.315 e. The first kappa shape index (κ1) is 21.1. The molecular weight excluding hydrogens is 340 g/mol. The van der Waals surface area contributed by atoms with Crippen molar-refractivity contribution in [3.8, 4) is 0 Å². The molecule has 1 aliphatic rings. The van der Waals surface area contributed by atoms with Gasteiger partial charge in [0.25, 0.3) is 0 Å². The van der Waals surface area contributed by atoms with Gasteiger partial charge in [-0.05, 0) is 38.3 Å². The maximum absolute atomic E-state index is 11.9. The molecule has 3 amide bonds. The summed E-state index contributed by atoms with van der Waals surface area (Å²) in [6.45, 7) is 5.00. The summed E-state index contributed by atoms with van der Waals surface area (Å²) in [5.74, 6) is -0.0178. The Labute approximate surface area is 163 Å². The Hall–Kier alpha value is -2.24. The summed E-state index contributed by atoms with van der Waals surface area (Å²) in [7, 11) is 0. The molecule has 0 heterocycles. The molecule has 27 heavy (non-hydrogen) atoms. The first-order valence-corrected chi connectivity index (χ1v) is 10.3. The van der Waals surface area contributed by atoms with E-state index in [2.05, 4.69) is 39.9 Å². The average Bonchev–Trinajstić information content (AvgIpc) is 2.69. The first-order chi connectivity index (χ1) is 13.2. The van der Waals surface area contributed by atoms with Crippen molar-refractivity contribution in [2.75, 3.05) is 31.1 Å². The largest absolute Gasteiger partial charge is 0.372 e. The Morgan fingerprint density at radius 3 is 2.48 bits per heavy atom. The summed E-state index contributed by atoms with van der Waals surface area (Å²) in [4.78, 5) is 26.0. The Morgan fingerprint density at radius 2 is 1.78 bits per heavy atom. The molecule has 150 valence electrons. The van der Waals surface area contributed by atoms with Crippen LogP contribution in [0, 0.1) is 0 Å². The van der Waals surface area contributed by atoms with Crippen molar-refractivity contribution in [1.29, 1.82) is 0 Å². The zero-order valence-corrected chi connectivity index (χ0v) is 16.5. The van der Waals surface area contributed by atoms with E-state index in [0.717, 1.165) is 32.4 Å².